The summed E-state index contributed by atoms with van der Waals surface area (Å²) in [6, 6.07) is 7.32. The average Bonchev–Trinajstić information content (AvgIpc) is 2.94. The van der Waals surface area contributed by atoms with Crippen molar-refractivity contribution in [3.8, 4) is 16.3 Å². The Morgan fingerprint density at radius 2 is 2.00 bits per heavy atom. The number of nitrogens with one attached hydrogen (secondary N) is 1. The van der Waals surface area contributed by atoms with E-state index in [1.165, 1.54) is 11.3 Å². The molecular weight excluding hydrogens is 329 g/mol. The maximum Gasteiger partial charge on any atom is 0.405 e. The van der Waals surface area contributed by atoms with Gasteiger partial charge in [0, 0.05) is 10.9 Å². The average molecular weight is 344 g/mol. The van der Waals surface area contributed by atoms with Gasteiger partial charge in [-0.1, -0.05) is 0 Å². The molecule has 4 nitrogen and oxygen atoms in total. The highest BCUT2D eigenvalue weighted by Crippen LogP contribution is 2.26. The molecule has 0 bridgehead atoms. The van der Waals surface area contributed by atoms with Crippen molar-refractivity contribution < 1.29 is 22.7 Å². The van der Waals surface area contributed by atoms with Crippen LogP contribution in [-0.2, 0) is 11.2 Å². The second kappa shape index (κ2) is 7.45. The summed E-state index contributed by atoms with van der Waals surface area (Å²) >= 11 is 1.33. The first-order valence-electron chi connectivity index (χ1n) is 6.88. The van der Waals surface area contributed by atoms with Crippen LogP contribution < -0.4 is 10.1 Å². The number of aromatic nitrogens is 1. The molecule has 2 rings (SSSR count). The van der Waals surface area contributed by atoms with Crippen molar-refractivity contribution in [3.05, 3.63) is 35.3 Å². The zero-order valence-corrected chi connectivity index (χ0v) is 13.1. The Balaban J connectivity index is 1.96. The van der Waals surface area contributed by atoms with E-state index < -0.39 is 18.6 Å². The molecule has 1 heterocycles. The van der Waals surface area contributed by atoms with Crippen molar-refractivity contribution in [2.75, 3.05) is 13.2 Å². The molecule has 1 aromatic carbocycles. The number of alkyl halides is 3. The van der Waals surface area contributed by atoms with Crippen LogP contribution in [-0.4, -0.2) is 30.2 Å². The Morgan fingerprint density at radius 3 is 2.61 bits per heavy atom. The third-order valence-electron chi connectivity index (χ3n) is 2.79. The SMILES string of the molecule is CCOc1ccc(-c2nc(CC(=O)NCC(F)(F)F)cs2)cc1. The van der Waals surface area contributed by atoms with Gasteiger partial charge in [-0.3, -0.25) is 4.79 Å². The molecule has 0 radical (unpaired) electrons. The number of halogens is 3. The molecule has 0 saturated heterocycles. The zero-order chi connectivity index (χ0) is 16.9. The Morgan fingerprint density at radius 1 is 1.30 bits per heavy atom. The van der Waals surface area contributed by atoms with E-state index >= 15 is 0 Å². The number of thiazole rings is 1. The van der Waals surface area contributed by atoms with Crippen LogP contribution in [0, 0.1) is 0 Å². The van der Waals surface area contributed by atoms with Gasteiger partial charge in [0.15, 0.2) is 0 Å². The third kappa shape index (κ3) is 5.55. The first-order chi connectivity index (χ1) is 10.9. The van der Waals surface area contributed by atoms with Crippen LogP contribution in [0.15, 0.2) is 29.6 Å². The van der Waals surface area contributed by atoms with Gasteiger partial charge in [0.1, 0.15) is 17.3 Å². The lowest BCUT2D eigenvalue weighted by molar-refractivity contribution is -0.138. The lowest BCUT2D eigenvalue weighted by atomic mass is 10.2. The van der Waals surface area contributed by atoms with E-state index in [0.717, 1.165) is 11.3 Å². The number of carbonyl (C=O) groups excluding carboxylic acids is 1. The first-order valence-corrected chi connectivity index (χ1v) is 7.76. The van der Waals surface area contributed by atoms with E-state index in [4.69, 9.17) is 4.74 Å². The van der Waals surface area contributed by atoms with Gasteiger partial charge in [0.2, 0.25) is 5.91 Å². The molecule has 1 N–H and O–H groups in total. The zero-order valence-electron chi connectivity index (χ0n) is 12.3. The van der Waals surface area contributed by atoms with Gasteiger partial charge < -0.3 is 10.1 Å². The summed E-state index contributed by atoms with van der Waals surface area (Å²) in [7, 11) is 0. The molecule has 0 fully saturated rings. The molecule has 0 aliphatic rings. The van der Waals surface area contributed by atoms with E-state index in [-0.39, 0.29) is 6.42 Å². The normalized spacial score (nSPS) is 11.3. The Kier molecular flexibility index (Phi) is 5.59. The standard InChI is InChI=1S/C15H15F3N2O2S/c1-2-22-12-5-3-10(4-6-12)14-20-11(8-23-14)7-13(21)19-9-15(16,17)18/h3-6,8H,2,7,9H2,1H3,(H,19,21). The summed E-state index contributed by atoms with van der Waals surface area (Å²) in [5, 5.41) is 4.19. The molecular formula is C15H15F3N2O2S. The van der Waals surface area contributed by atoms with Crippen LogP contribution in [0.3, 0.4) is 0 Å². The van der Waals surface area contributed by atoms with Gasteiger partial charge in [-0.25, -0.2) is 4.98 Å². The van der Waals surface area contributed by atoms with Crippen LogP contribution >= 0.6 is 11.3 Å². The van der Waals surface area contributed by atoms with Crippen LogP contribution in [0.1, 0.15) is 12.6 Å². The summed E-state index contributed by atoms with van der Waals surface area (Å²) < 4.78 is 41.4. The fourth-order valence-corrected chi connectivity index (χ4v) is 2.63. The minimum Gasteiger partial charge on any atom is -0.494 e. The molecule has 0 saturated carbocycles. The molecule has 0 atom stereocenters. The molecule has 2 aromatic rings. The molecule has 1 aromatic heterocycles. The predicted molar refractivity (Wildman–Crippen MR) is 81.5 cm³/mol. The largest absolute Gasteiger partial charge is 0.494 e. The number of hydrogen-bond donors (Lipinski definition) is 1. The van der Waals surface area contributed by atoms with Gasteiger partial charge in [0.25, 0.3) is 0 Å². The van der Waals surface area contributed by atoms with E-state index in [1.807, 2.05) is 36.5 Å². The highest BCUT2D eigenvalue weighted by Gasteiger charge is 2.27. The van der Waals surface area contributed by atoms with Gasteiger partial charge in [-0.05, 0) is 31.2 Å². The third-order valence-corrected chi connectivity index (χ3v) is 3.73. The highest BCUT2D eigenvalue weighted by molar-refractivity contribution is 7.13. The Labute approximate surface area is 135 Å². The summed E-state index contributed by atoms with van der Waals surface area (Å²) in [4.78, 5) is 15.7. The fraction of sp³-hybridized carbons (Fsp3) is 0.333. The van der Waals surface area contributed by atoms with Gasteiger partial charge in [-0.15, -0.1) is 11.3 Å². The summed E-state index contributed by atoms with van der Waals surface area (Å²) in [5.74, 6) is 0.0467. The predicted octanol–water partition coefficient (Wildman–Crippen LogP) is 3.43. The van der Waals surface area contributed by atoms with E-state index in [2.05, 4.69) is 4.98 Å². The summed E-state index contributed by atoms with van der Waals surface area (Å²) in [5.41, 5.74) is 1.30. The van der Waals surface area contributed by atoms with Gasteiger partial charge in [0.05, 0.1) is 18.7 Å². The van der Waals surface area contributed by atoms with Crippen molar-refractivity contribution in [2.24, 2.45) is 0 Å². The van der Waals surface area contributed by atoms with Crippen molar-refractivity contribution in [1.82, 2.24) is 10.3 Å². The smallest absolute Gasteiger partial charge is 0.405 e. The van der Waals surface area contributed by atoms with Crippen LogP contribution in [0.25, 0.3) is 10.6 Å². The maximum atomic E-state index is 12.0. The summed E-state index contributed by atoms with van der Waals surface area (Å²) in [6.45, 7) is 1.14. The first kappa shape index (κ1) is 17.3. The highest BCUT2D eigenvalue weighted by atomic mass is 32.1. The number of amides is 1. The number of hydrogen-bond acceptors (Lipinski definition) is 4. The molecule has 124 valence electrons. The van der Waals surface area contributed by atoms with Gasteiger partial charge >= 0.3 is 6.18 Å². The van der Waals surface area contributed by atoms with Crippen LogP contribution in [0.5, 0.6) is 5.75 Å². The van der Waals surface area contributed by atoms with Gasteiger partial charge in [-0.2, -0.15) is 13.2 Å². The molecule has 8 heteroatoms. The molecule has 0 aliphatic heterocycles. The monoisotopic (exact) mass is 344 g/mol. The number of benzene rings is 1. The molecule has 0 aliphatic carbocycles. The maximum absolute atomic E-state index is 12.0. The Bertz CT molecular complexity index is 653. The second-order valence-electron chi connectivity index (χ2n) is 4.67. The van der Waals surface area contributed by atoms with Crippen molar-refractivity contribution in [3.63, 3.8) is 0 Å². The molecule has 23 heavy (non-hydrogen) atoms. The summed E-state index contributed by atoms with van der Waals surface area (Å²) in [6.07, 6.45) is -4.59. The topological polar surface area (TPSA) is 51.2 Å². The van der Waals surface area contributed by atoms with Crippen LogP contribution in [0.4, 0.5) is 13.2 Å². The second-order valence-corrected chi connectivity index (χ2v) is 5.53. The minimum absolute atomic E-state index is 0.177. The fourth-order valence-electron chi connectivity index (χ4n) is 1.81. The van der Waals surface area contributed by atoms with E-state index in [9.17, 15) is 18.0 Å². The van der Waals surface area contributed by atoms with Crippen molar-refractivity contribution >= 4 is 17.2 Å². The number of rotatable bonds is 6. The molecule has 0 unspecified atom stereocenters. The molecule has 1 amide bonds. The van der Waals surface area contributed by atoms with Crippen LogP contribution in [0.2, 0.25) is 0 Å². The molecule has 0 spiro atoms. The lowest BCUT2D eigenvalue weighted by Gasteiger charge is -2.07. The number of nitrogens with zero attached hydrogens (tertiary/aromatic N) is 1. The van der Waals surface area contributed by atoms with E-state index in [1.54, 1.807) is 5.38 Å². The van der Waals surface area contributed by atoms with Crippen molar-refractivity contribution in [2.45, 2.75) is 19.5 Å². The number of ether oxygens (including phenoxy) is 1. The quantitative estimate of drug-likeness (QED) is 0.873. The van der Waals surface area contributed by atoms with E-state index in [0.29, 0.717) is 17.3 Å². The lowest BCUT2D eigenvalue weighted by Crippen LogP contribution is -2.34. The Hall–Kier alpha value is -2.09. The van der Waals surface area contributed by atoms with Crippen molar-refractivity contribution in [1.29, 1.82) is 0 Å². The number of carbonyl (C=O) groups is 1. The minimum atomic E-state index is -4.41.